The molecule has 0 bridgehead atoms. The molecule has 0 fully saturated rings. The number of rotatable bonds is 3. The largest absolute Gasteiger partial charge is 0.309 e. The summed E-state index contributed by atoms with van der Waals surface area (Å²) in [4.78, 5) is 4.40. The Bertz CT molecular complexity index is 496. The summed E-state index contributed by atoms with van der Waals surface area (Å²) in [5.41, 5.74) is 4.48. The molecule has 90 valence electrons. The highest BCUT2D eigenvalue weighted by Gasteiger charge is 2.14. The molecular weight excluding hydrogens is 212 g/mol. The van der Waals surface area contributed by atoms with Gasteiger partial charge in [0.2, 0.25) is 0 Å². The quantitative estimate of drug-likeness (QED) is 0.873. The third-order valence-corrected chi connectivity index (χ3v) is 2.78. The van der Waals surface area contributed by atoms with Crippen LogP contribution in [-0.2, 0) is 7.05 Å². The van der Waals surface area contributed by atoms with Crippen molar-refractivity contribution in [1.82, 2.24) is 20.1 Å². The van der Waals surface area contributed by atoms with E-state index in [4.69, 9.17) is 0 Å². The van der Waals surface area contributed by atoms with Gasteiger partial charge in [0.05, 0.1) is 12.2 Å². The van der Waals surface area contributed by atoms with Gasteiger partial charge in [0.1, 0.15) is 0 Å². The first-order valence-electron chi connectivity index (χ1n) is 5.71. The summed E-state index contributed by atoms with van der Waals surface area (Å²) in [6.07, 6.45) is 3.93. The van der Waals surface area contributed by atoms with Crippen molar-refractivity contribution in [3.05, 3.63) is 47.0 Å². The molecule has 0 radical (unpaired) electrons. The van der Waals surface area contributed by atoms with Gasteiger partial charge in [-0.2, -0.15) is 5.10 Å². The molecule has 4 heteroatoms. The first kappa shape index (κ1) is 11.8. The Balaban J connectivity index is 2.41. The molecule has 0 amide bonds. The van der Waals surface area contributed by atoms with Crippen molar-refractivity contribution in [2.45, 2.75) is 19.9 Å². The van der Waals surface area contributed by atoms with E-state index in [0.29, 0.717) is 0 Å². The van der Waals surface area contributed by atoms with E-state index in [1.165, 1.54) is 11.1 Å². The molecule has 0 spiro atoms. The number of pyridine rings is 1. The van der Waals surface area contributed by atoms with Crippen LogP contribution in [-0.4, -0.2) is 21.8 Å². The lowest BCUT2D eigenvalue weighted by atomic mass is 10.0. The molecule has 0 aliphatic carbocycles. The summed E-state index contributed by atoms with van der Waals surface area (Å²) in [6, 6.07) is 4.39. The van der Waals surface area contributed by atoms with Crippen LogP contribution in [0.2, 0.25) is 0 Å². The fourth-order valence-corrected chi connectivity index (χ4v) is 2.15. The molecule has 0 saturated carbocycles. The van der Waals surface area contributed by atoms with Gasteiger partial charge in [-0.1, -0.05) is 0 Å². The second kappa shape index (κ2) is 4.67. The van der Waals surface area contributed by atoms with Crippen LogP contribution in [0.15, 0.2) is 24.5 Å². The van der Waals surface area contributed by atoms with Gasteiger partial charge in [-0.25, -0.2) is 0 Å². The summed E-state index contributed by atoms with van der Waals surface area (Å²) < 4.78 is 1.82. The zero-order valence-corrected chi connectivity index (χ0v) is 10.7. The number of aromatic nitrogens is 3. The zero-order chi connectivity index (χ0) is 12.4. The summed E-state index contributed by atoms with van der Waals surface area (Å²) in [7, 11) is 3.89. The molecule has 1 N–H and O–H groups in total. The molecule has 0 aliphatic rings. The number of hydrogen-bond donors (Lipinski definition) is 1. The van der Waals surface area contributed by atoms with E-state index >= 15 is 0 Å². The van der Waals surface area contributed by atoms with Crippen molar-refractivity contribution in [3.8, 4) is 0 Å². The molecule has 2 aromatic heterocycles. The summed E-state index contributed by atoms with van der Waals surface area (Å²) in [5.74, 6) is 0. The number of aryl methyl sites for hydroxylation is 3. The summed E-state index contributed by atoms with van der Waals surface area (Å²) in [6.45, 7) is 4.04. The predicted molar refractivity (Wildman–Crippen MR) is 67.8 cm³/mol. The number of nitrogens with one attached hydrogen (secondary N) is 1. The third-order valence-electron chi connectivity index (χ3n) is 2.78. The average Bonchev–Trinajstić information content (AvgIpc) is 2.64. The van der Waals surface area contributed by atoms with Crippen molar-refractivity contribution in [2.24, 2.45) is 7.05 Å². The maximum atomic E-state index is 4.40. The first-order valence-corrected chi connectivity index (χ1v) is 5.71. The van der Waals surface area contributed by atoms with Gasteiger partial charge >= 0.3 is 0 Å². The fourth-order valence-electron chi connectivity index (χ4n) is 2.15. The molecule has 2 rings (SSSR count). The van der Waals surface area contributed by atoms with Gasteiger partial charge in [0.25, 0.3) is 0 Å². The molecule has 1 atom stereocenters. The second-order valence-corrected chi connectivity index (χ2v) is 4.35. The number of nitrogens with zero attached hydrogens (tertiary/aromatic N) is 3. The lowest BCUT2D eigenvalue weighted by molar-refractivity contribution is 0.686. The van der Waals surface area contributed by atoms with Crippen molar-refractivity contribution in [1.29, 1.82) is 0 Å². The van der Waals surface area contributed by atoms with Crippen LogP contribution in [0.5, 0.6) is 0 Å². The van der Waals surface area contributed by atoms with E-state index in [1.54, 1.807) is 0 Å². The Kier molecular flexibility index (Phi) is 3.24. The Hall–Kier alpha value is -1.68. The highest BCUT2D eigenvalue weighted by atomic mass is 15.2. The minimum absolute atomic E-state index is 0.170. The van der Waals surface area contributed by atoms with E-state index in [2.05, 4.69) is 27.5 Å². The molecule has 2 aromatic rings. The summed E-state index contributed by atoms with van der Waals surface area (Å²) >= 11 is 0. The molecule has 4 nitrogen and oxygen atoms in total. The lowest BCUT2D eigenvalue weighted by Gasteiger charge is -2.16. The first-order chi connectivity index (χ1) is 8.10. The van der Waals surface area contributed by atoms with Crippen molar-refractivity contribution in [3.63, 3.8) is 0 Å². The molecule has 0 aliphatic heterocycles. The molecule has 2 heterocycles. The van der Waals surface area contributed by atoms with Gasteiger partial charge in [-0.15, -0.1) is 0 Å². The SMILES string of the molecule is CNC(c1cc(C)nc(C)c1)c1cnn(C)c1. The van der Waals surface area contributed by atoms with Crippen LogP contribution in [0.3, 0.4) is 0 Å². The van der Waals surface area contributed by atoms with Gasteiger partial charge < -0.3 is 5.32 Å². The van der Waals surface area contributed by atoms with E-state index in [-0.39, 0.29) is 6.04 Å². The van der Waals surface area contributed by atoms with E-state index in [0.717, 1.165) is 11.4 Å². The van der Waals surface area contributed by atoms with Gasteiger partial charge in [0.15, 0.2) is 0 Å². The predicted octanol–water partition coefficient (Wildman–Crippen LogP) is 1.74. The Morgan fingerprint density at radius 2 is 1.82 bits per heavy atom. The highest BCUT2D eigenvalue weighted by molar-refractivity contribution is 5.31. The van der Waals surface area contributed by atoms with Crippen LogP contribution >= 0.6 is 0 Å². The normalized spacial score (nSPS) is 12.7. The maximum absolute atomic E-state index is 4.40. The fraction of sp³-hybridized carbons (Fsp3) is 0.385. The molecular formula is C13H18N4. The maximum Gasteiger partial charge on any atom is 0.0606 e. The Morgan fingerprint density at radius 1 is 1.18 bits per heavy atom. The van der Waals surface area contributed by atoms with Crippen LogP contribution in [0, 0.1) is 13.8 Å². The lowest BCUT2D eigenvalue weighted by Crippen LogP contribution is -2.17. The smallest absolute Gasteiger partial charge is 0.0606 e. The van der Waals surface area contributed by atoms with Crippen molar-refractivity contribution in [2.75, 3.05) is 7.05 Å². The third kappa shape index (κ3) is 2.53. The summed E-state index contributed by atoms with van der Waals surface area (Å²) in [5, 5.41) is 7.54. The zero-order valence-electron chi connectivity index (χ0n) is 10.7. The van der Waals surface area contributed by atoms with Crippen molar-refractivity contribution >= 4 is 0 Å². The van der Waals surface area contributed by atoms with E-state index in [9.17, 15) is 0 Å². The van der Waals surface area contributed by atoms with Crippen LogP contribution in [0.1, 0.15) is 28.6 Å². The minimum Gasteiger partial charge on any atom is -0.309 e. The monoisotopic (exact) mass is 230 g/mol. The molecule has 17 heavy (non-hydrogen) atoms. The van der Waals surface area contributed by atoms with Crippen LogP contribution in [0.25, 0.3) is 0 Å². The van der Waals surface area contributed by atoms with Gasteiger partial charge in [0, 0.05) is 30.2 Å². The van der Waals surface area contributed by atoms with Gasteiger partial charge in [-0.05, 0) is 38.6 Å². The Morgan fingerprint density at radius 3 is 2.29 bits per heavy atom. The highest BCUT2D eigenvalue weighted by Crippen LogP contribution is 2.22. The van der Waals surface area contributed by atoms with Gasteiger partial charge in [-0.3, -0.25) is 9.67 Å². The molecule has 0 aromatic carbocycles. The van der Waals surface area contributed by atoms with Crippen LogP contribution < -0.4 is 5.32 Å². The average molecular weight is 230 g/mol. The second-order valence-electron chi connectivity index (χ2n) is 4.35. The molecule has 1 unspecified atom stereocenters. The minimum atomic E-state index is 0.170. The van der Waals surface area contributed by atoms with Crippen molar-refractivity contribution < 1.29 is 0 Å². The van der Waals surface area contributed by atoms with Crippen LogP contribution in [0.4, 0.5) is 0 Å². The number of hydrogen-bond acceptors (Lipinski definition) is 3. The Labute approximate surface area is 102 Å². The standard InChI is InChI=1S/C13H18N4/c1-9-5-11(6-10(2)16-9)13(14-3)12-7-15-17(4)8-12/h5-8,13-14H,1-4H3. The topological polar surface area (TPSA) is 42.7 Å². The molecule has 0 saturated heterocycles. The van der Waals surface area contributed by atoms with E-state index in [1.807, 2.05) is 45.0 Å². The van der Waals surface area contributed by atoms with E-state index < -0.39 is 0 Å².